The van der Waals surface area contributed by atoms with Gasteiger partial charge in [0, 0.05) is 13.0 Å². The van der Waals surface area contributed by atoms with Crippen molar-refractivity contribution in [3.05, 3.63) is 23.8 Å². The quantitative estimate of drug-likeness (QED) is 0.375. The topological polar surface area (TPSA) is 135 Å². The number of benzene rings is 1. The van der Waals surface area contributed by atoms with E-state index in [1.165, 1.54) is 21.3 Å². The maximum Gasteiger partial charge on any atom is 0.344 e. The summed E-state index contributed by atoms with van der Waals surface area (Å²) in [6.45, 7) is 3.73. The zero-order valence-corrected chi connectivity index (χ0v) is 18.1. The Kier molecular flexibility index (Phi) is 9.42. The summed E-state index contributed by atoms with van der Waals surface area (Å²) in [5.74, 6) is 0.256. The van der Waals surface area contributed by atoms with E-state index in [1.54, 1.807) is 32.0 Å². The van der Waals surface area contributed by atoms with Crippen molar-refractivity contribution in [2.75, 3.05) is 34.2 Å². The number of urea groups is 1. The Hall–Kier alpha value is -2.29. The first-order chi connectivity index (χ1) is 13.5. The van der Waals surface area contributed by atoms with Gasteiger partial charge < -0.3 is 34.2 Å². The number of nitrogens with one attached hydrogen (secondary N) is 1. The fourth-order valence-corrected chi connectivity index (χ4v) is 3.38. The van der Waals surface area contributed by atoms with Crippen molar-refractivity contribution in [2.45, 2.75) is 26.3 Å². The number of nitrogens with zero attached hydrogens (tertiary/aromatic N) is 1. The second-order valence-electron chi connectivity index (χ2n) is 6.84. The fourth-order valence-electron chi connectivity index (χ4n) is 2.69. The lowest BCUT2D eigenvalue weighted by Crippen LogP contribution is -2.50. The van der Waals surface area contributed by atoms with Crippen LogP contribution in [0.25, 0.3) is 0 Å². The van der Waals surface area contributed by atoms with Gasteiger partial charge in [0.25, 0.3) is 0 Å². The number of hydrogen-bond donors (Lipinski definition) is 3. The van der Waals surface area contributed by atoms with E-state index in [4.69, 9.17) is 14.2 Å². The van der Waals surface area contributed by atoms with Crippen molar-refractivity contribution >= 4 is 19.6 Å². The van der Waals surface area contributed by atoms with Gasteiger partial charge in [-0.25, -0.2) is 9.59 Å². The number of esters is 1. The molecule has 11 heteroatoms. The van der Waals surface area contributed by atoms with Gasteiger partial charge in [0.15, 0.2) is 11.5 Å². The highest BCUT2D eigenvalue weighted by atomic mass is 31.2. The second kappa shape index (κ2) is 11.0. The second-order valence-corrected chi connectivity index (χ2v) is 8.45. The van der Waals surface area contributed by atoms with Crippen LogP contribution in [0.5, 0.6) is 11.5 Å². The number of amides is 2. The van der Waals surface area contributed by atoms with E-state index in [-0.39, 0.29) is 18.9 Å². The molecule has 1 aromatic carbocycles. The number of rotatable bonds is 10. The Labute approximate surface area is 170 Å². The molecule has 164 valence electrons. The smallest absolute Gasteiger partial charge is 0.344 e. The molecule has 1 aromatic rings. The van der Waals surface area contributed by atoms with Crippen LogP contribution in [0, 0.1) is 5.92 Å². The summed E-state index contributed by atoms with van der Waals surface area (Å²) in [7, 11) is -0.303. The first kappa shape index (κ1) is 24.7. The predicted molar refractivity (Wildman–Crippen MR) is 106 cm³/mol. The van der Waals surface area contributed by atoms with Gasteiger partial charge in [-0.05, 0) is 23.6 Å². The standard InChI is InChI=1S/C18H29N2O8P/c1-12(2)10-20(11-29(23,24)25)18(22)19-14(17(21)28-5)8-13-6-7-15(26-3)16(9-13)27-4/h6-7,9,12,14H,8,10-11H2,1-5H3,(H,19,22)(H2,23,24,25)/t14-/m0/s1. The largest absolute Gasteiger partial charge is 0.493 e. The van der Waals surface area contributed by atoms with Crippen molar-refractivity contribution in [3.8, 4) is 11.5 Å². The van der Waals surface area contributed by atoms with Crippen molar-refractivity contribution in [1.82, 2.24) is 10.2 Å². The molecule has 0 unspecified atom stereocenters. The van der Waals surface area contributed by atoms with Gasteiger partial charge in [0.05, 0.1) is 21.3 Å². The van der Waals surface area contributed by atoms with E-state index in [2.05, 4.69) is 5.32 Å². The minimum Gasteiger partial charge on any atom is -0.493 e. The number of ether oxygens (including phenoxy) is 3. The highest BCUT2D eigenvalue weighted by molar-refractivity contribution is 7.51. The van der Waals surface area contributed by atoms with E-state index < -0.39 is 31.9 Å². The monoisotopic (exact) mass is 432 g/mol. The minimum atomic E-state index is -4.47. The van der Waals surface area contributed by atoms with Gasteiger partial charge in [-0.15, -0.1) is 0 Å². The van der Waals surface area contributed by atoms with Crippen molar-refractivity contribution in [1.29, 1.82) is 0 Å². The van der Waals surface area contributed by atoms with E-state index >= 15 is 0 Å². The highest BCUT2D eigenvalue weighted by Gasteiger charge is 2.29. The van der Waals surface area contributed by atoms with E-state index in [0.29, 0.717) is 17.1 Å². The van der Waals surface area contributed by atoms with Gasteiger partial charge in [0.1, 0.15) is 12.3 Å². The normalized spacial score (nSPS) is 12.3. The Balaban J connectivity index is 3.04. The van der Waals surface area contributed by atoms with Crippen LogP contribution in [0.4, 0.5) is 4.79 Å². The molecule has 1 rings (SSSR count). The van der Waals surface area contributed by atoms with Gasteiger partial charge in [0.2, 0.25) is 0 Å². The SMILES string of the molecule is COC(=O)[C@H](Cc1ccc(OC)c(OC)c1)NC(=O)N(CC(C)C)CP(=O)(O)O. The average Bonchev–Trinajstić information content (AvgIpc) is 2.64. The van der Waals surface area contributed by atoms with Crippen LogP contribution in [0.15, 0.2) is 18.2 Å². The van der Waals surface area contributed by atoms with Crippen LogP contribution < -0.4 is 14.8 Å². The van der Waals surface area contributed by atoms with Crippen LogP contribution >= 0.6 is 7.60 Å². The summed E-state index contributed by atoms with van der Waals surface area (Å²) >= 11 is 0. The number of methoxy groups -OCH3 is 3. The molecule has 2 amide bonds. The summed E-state index contributed by atoms with van der Waals surface area (Å²) in [4.78, 5) is 44.3. The van der Waals surface area contributed by atoms with E-state index in [1.807, 2.05) is 0 Å². The molecule has 0 aliphatic rings. The summed E-state index contributed by atoms with van der Waals surface area (Å²) < 4.78 is 26.6. The average molecular weight is 432 g/mol. The maximum absolute atomic E-state index is 12.6. The lowest BCUT2D eigenvalue weighted by molar-refractivity contribution is -0.142. The highest BCUT2D eigenvalue weighted by Crippen LogP contribution is 2.35. The summed E-state index contributed by atoms with van der Waals surface area (Å²) in [5, 5.41) is 2.51. The Morgan fingerprint density at radius 3 is 2.24 bits per heavy atom. The Bertz CT molecular complexity index is 749. The van der Waals surface area contributed by atoms with E-state index in [9.17, 15) is 23.9 Å². The molecule has 0 saturated heterocycles. The van der Waals surface area contributed by atoms with Gasteiger partial charge in [-0.2, -0.15) is 0 Å². The lowest BCUT2D eigenvalue weighted by Gasteiger charge is -2.27. The Morgan fingerprint density at radius 1 is 1.14 bits per heavy atom. The first-order valence-electron chi connectivity index (χ1n) is 8.89. The summed E-state index contributed by atoms with van der Waals surface area (Å²) in [6.07, 6.45) is -0.661. The van der Waals surface area contributed by atoms with Crippen LogP contribution in [0.1, 0.15) is 19.4 Å². The lowest BCUT2D eigenvalue weighted by atomic mass is 10.1. The zero-order valence-electron chi connectivity index (χ0n) is 17.2. The molecule has 0 heterocycles. The van der Waals surface area contributed by atoms with Gasteiger partial charge >= 0.3 is 19.6 Å². The molecule has 0 radical (unpaired) electrons. The van der Waals surface area contributed by atoms with Crippen molar-refractivity contribution in [2.24, 2.45) is 5.92 Å². The maximum atomic E-state index is 12.6. The molecule has 0 spiro atoms. The van der Waals surface area contributed by atoms with Crippen LogP contribution in [-0.2, 0) is 20.5 Å². The fraction of sp³-hybridized carbons (Fsp3) is 0.556. The summed E-state index contributed by atoms with van der Waals surface area (Å²) in [6, 6.07) is 3.23. The number of hydrogen-bond acceptors (Lipinski definition) is 6. The molecule has 29 heavy (non-hydrogen) atoms. The number of carbonyl (C=O) groups excluding carboxylic acids is 2. The van der Waals surface area contributed by atoms with Crippen LogP contribution in [-0.4, -0.2) is 66.9 Å². The van der Waals surface area contributed by atoms with Crippen LogP contribution in [0.2, 0.25) is 0 Å². The molecular formula is C18H29N2O8P. The molecule has 0 bridgehead atoms. The molecule has 0 aliphatic carbocycles. The number of carbonyl (C=O) groups is 2. The summed E-state index contributed by atoms with van der Waals surface area (Å²) in [5.41, 5.74) is 0.670. The third-order valence-corrected chi connectivity index (χ3v) is 4.61. The Morgan fingerprint density at radius 2 is 1.76 bits per heavy atom. The first-order valence-corrected chi connectivity index (χ1v) is 10.7. The molecule has 0 aliphatic heterocycles. The van der Waals surface area contributed by atoms with Crippen molar-refractivity contribution < 1.29 is 38.2 Å². The third kappa shape index (κ3) is 8.31. The van der Waals surface area contributed by atoms with Crippen LogP contribution in [0.3, 0.4) is 0 Å². The molecule has 0 aromatic heterocycles. The molecule has 10 nitrogen and oxygen atoms in total. The molecule has 0 saturated carbocycles. The third-order valence-electron chi connectivity index (χ3n) is 3.90. The molecule has 1 atom stereocenters. The molecular weight excluding hydrogens is 403 g/mol. The van der Waals surface area contributed by atoms with Gasteiger partial charge in [-0.1, -0.05) is 19.9 Å². The molecule has 0 fully saturated rings. The zero-order chi connectivity index (χ0) is 22.2. The minimum absolute atomic E-state index is 0.0327. The molecule has 3 N–H and O–H groups in total. The van der Waals surface area contributed by atoms with Gasteiger partial charge in [-0.3, -0.25) is 4.57 Å². The predicted octanol–water partition coefficient (Wildman–Crippen LogP) is 1.59. The van der Waals surface area contributed by atoms with E-state index in [0.717, 1.165) is 4.90 Å². The van der Waals surface area contributed by atoms with Crippen molar-refractivity contribution in [3.63, 3.8) is 0 Å².